The summed E-state index contributed by atoms with van der Waals surface area (Å²) < 4.78 is 10.2. The average molecular weight is 335 g/mol. The molecular weight excluding hydrogens is 325 g/mol. The smallest absolute Gasteiger partial charge is 0.408 e. The first-order valence-electron chi connectivity index (χ1n) is 5.84. The fraction of sp³-hybridized carbons (Fsp3) is 0.231. The van der Waals surface area contributed by atoms with Gasteiger partial charge in [-0.15, -0.1) is 0 Å². The Balaban J connectivity index is 2.59. The largest absolute Gasteiger partial charge is 0.409 e. The van der Waals surface area contributed by atoms with Gasteiger partial charge < -0.3 is 9.26 Å². The standard InChI is InChI=1S/C13H10Cl3NO3/c1-2-4-9-12(19-13(16)18)11(17-20-9)10-7(14)5-3-6-8(10)15/h3,5-6H,2,4H2,1H3. The molecule has 0 atom stereocenters. The summed E-state index contributed by atoms with van der Waals surface area (Å²) in [5.41, 5.74) is -0.275. The molecule has 20 heavy (non-hydrogen) atoms. The van der Waals surface area contributed by atoms with Gasteiger partial charge in [0.2, 0.25) is 5.75 Å². The third kappa shape index (κ3) is 3.08. The van der Waals surface area contributed by atoms with Crippen LogP contribution in [0.3, 0.4) is 0 Å². The lowest BCUT2D eigenvalue weighted by Gasteiger charge is -2.06. The molecule has 106 valence electrons. The van der Waals surface area contributed by atoms with Crippen molar-refractivity contribution in [3.8, 4) is 17.0 Å². The van der Waals surface area contributed by atoms with E-state index in [0.717, 1.165) is 6.42 Å². The minimum atomic E-state index is -0.977. The molecule has 0 aliphatic carbocycles. The lowest BCUT2D eigenvalue weighted by Crippen LogP contribution is -1.99. The number of aromatic nitrogens is 1. The Hall–Kier alpha value is -1.23. The van der Waals surface area contributed by atoms with Gasteiger partial charge >= 0.3 is 5.43 Å². The summed E-state index contributed by atoms with van der Waals surface area (Å²) in [5.74, 6) is 0.578. The van der Waals surface area contributed by atoms with Gasteiger partial charge in [0.1, 0.15) is 0 Å². The normalized spacial score (nSPS) is 10.6. The van der Waals surface area contributed by atoms with Gasteiger partial charge in [-0.1, -0.05) is 41.3 Å². The van der Waals surface area contributed by atoms with E-state index in [0.29, 0.717) is 27.8 Å². The number of benzene rings is 1. The Morgan fingerprint density at radius 3 is 2.55 bits per heavy atom. The van der Waals surface area contributed by atoms with Gasteiger partial charge in [0.25, 0.3) is 0 Å². The van der Waals surface area contributed by atoms with E-state index in [-0.39, 0.29) is 11.4 Å². The van der Waals surface area contributed by atoms with Gasteiger partial charge in [-0.05, 0) is 18.6 Å². The number of hydrogen-bond acceptors (Lipinski definition) is 4. The zero-order valence-electron chi connectivity index (χ0n) is 10.5. The van der Waals surface area contributed by atoms with Gasteiger partial charge in [-0.3, -0.25) is 0 Å². The van der Waals surface area contributed by atoms with Crippen molar-refractivity contribution in [1.82, 2.24) is 5.16 Å². The van der Waals surface area contributed by atoms with Crippen LogP contribution in [0.25, 0.3) is 11.3 Å². The summed E-state index contributed by atoms with van der Waals surface area (Å²) >= 11 is 17.5. The minimum absolute atomic E-state index is 0.154. The maximum absolute atomic E-state index is 11.0. The van der Waals surface area contributed by atoms with E-state index in [9.17, 15) is 4.79 Å². The second-order valence-corrected chi connectivity index (χ2v) is 5.09. The van der Waals surface area contributed by atoms with Crippen LogP contribution < -0.4 is 4.74 Å². The number of ether oxygens (including phenoxy) is 1. The molecule has 7 heteroatoms. The van der Waals surface area contributed by atoms with Gasteiger partial charge in [0, 0.05) is 23.6 Å². The molecule has 0 saturated heterocycles. The number of aryl methyl sites for hydroxylation is 1. The Morgan fingerprint density at radius 2 is 2.00 bits per heavy atom. The van der Waals surface area contributed by atoms with Crippen LogP contribution in [0.1, 0.15) is 19.1 Å². The fourth-order valence-corrected chi connectivity index (χ4v) is 2.42. The van der Waals surface area contributed by atoms with Crippen molar-refractivity contribution in [2.24, 2.45) is 0 Å². The van der Waals surface area contributed by atoms with Crippen molar-refractivity contribution in [1.29, 1.82) is 0 Å². The van der Waals surface area contributed by atoms with E-state index in [1.807, 2.05) is 6.92 Å². The molecule has 0 fully saturated rings. The SMILES string of the molecule is CCCc1onc(-c2c(Cl)cccc2Cl)c1OC(=O)Cl. The van der Waals surface area contributed by atoms with Crippen LogP contribution in [0.2, 0.25) is 10.0 Å². The van der Waals surface area contributed by atoms with E-state index in [2.05, 4.69) is 5.16 Å². The first-order chi connectivity index (χ1) is 9.54. The van der Waals surface area contributed by atoms with Crippen LogP contribution in [0.15, 0.2) is 22.7 Å². The van der Waals surface area contributed by atoms with E-state index >= 15 is 0 Å². The van der Waals surface area contributed by atoms with Gasteiger partial charge in [0.05, 0.1) is 10.0 Å². The molecule has 1 heterocycles. The predicted octanol–water partition coefficient (Wildman–Crippen LogP) is 5.34. The molecule has 0 saturated carbocycles. The van der Waals surface area contributed by atoms with Crippen molar-refractivity contribution < 1.29 is 14.1 Å². The molecule has 0 N–H and O–H groups in total. The molecule has 0 amide bonds. The monoisotopic (exact) mass is 333 g/mol. The highest BCUT2D eigenvalue weighted by Gasteiger charge is 2.24. The number of carbonyl (C=O) groups excluding carboxylic acids is 1. The van der Waals surface area contributed by atoms with Crippen LogP contribution >= 0.6 is 34.8 Å². The molecule has 0 unspecified atom stereocenters. The topological polar surface area (TPSA) is 52.3 Å². The highest BCUT2D eigenvalue weighted by atomic mass is 35.5. The summed E-state index contributed by atoms with van der Waals surface area (Å²) in [5, 5.41) is 4.65. The number of carbonyl (C=O) groups is 1. The van der Waals surface area contributed by atoms with Crippen LogP contribution in [-0.4, -0.2) is 10.6 Å². The molecule has 0 bridgehead atoms. The quantitative estimate of drug-likeness (QED) is 0.708. The van der Waals surface area contributed by atoms with Crippen molar-refractivity contribution in [3.63, 3.8) is 0 Å². The van der Waals surface area contributed by atoms with E-state index in [1.165, 1.54) is 0 Å². The third-order valence-electron chi connectivity index (χ3n) is 2.57. The zero-order valence-corrected chi connectivity index (χ0v) is 12.7. The second kappa shape index (κ2) is 6.48. The highest BCUT2D eigenvalue weighted by Crippen LogP contribution is 2.41. The lowest BCUT2D eigenvalue weighted by molar-refractivity contribution is 0.224. The van der Waals surface area contributed by atoms with Crippen LogP contribution in [0.4, 0.5) is 4.79 Å². The zero-order chi connectivity index (χ0) is 14.7. The molecule has 2 aromatic rings. The summed E-state index contributed by atoms with van der Waals surface area (Å²) in [6.45, 7) is 1.96. The van der Waals surface area contributed by atoms with Gasteiger partial charge in [-0.25, -0.2) is 4.79 Å². The maximum Gasteiger partial charge on any atom is 0.409 e. The van der Waals surface area contributed by atoms with Gasteiger partial charge in [0.15, 0.2) is 11.5 Å². The molecule has 1 aromatic heterocycles. The number of halogens is 3. The Kier molecular flexibility index (Phi) is 4.91. The summed E-state index contributed by atoms with van der Waals surface area (Å²) in [4.78, 5) is 11.0. The summed E-state index contributed by atoms with van der Waals surface area (Å²) in [6, 6.07) is 5.01. The van der Waals surface area contributed by atoms with Crippen LogP contribution in [0.5, 0.6) is 5.75 Å². The highest BCUT2D eigenvalue weighted by molar-refractivity contribution is 6.61. The molecule has 1 aromatic carbocycles. The molecule has 4 nitrogen and oxygen atoms in total. The van der Waals surface area contributed by atoms with E-state index in [4.69, 9.17) is 44.1 Å². The summed E-state index contributed by atoms with van der Waals surface area (Å²) in [7, 11) is 0. The van der Waals surface area contributed by atoms with Crippen molar-refractivity contribution in [3.05, 3.63) is 34.0 Å². The third-order valence-corrected chi connectivity index (χ3v) is 3.28. The molecule has 0 radical (unpaired) electrons. The van der Waals surface area contributed by atoms with Crippen molar-refractivity contribution in [2.45, 2.75) is 19.8 Å². The Bertz CT molecular complexity index is 620. The van der Waals surface area contributed by atoms with Crippen molar-refractivity contribution in [2.75, 3.05) is 0 Å². The summed E-state index contributed by atoms with van der Waals surface area (Å²) in [6.07, 6.45) is 1.34. The molecule has 0 spiro atoms. The fourth-order valence-electron chi connectivity index (χ4n) is 1.77. The minimum Gasteiger partial charge on any atom is -0.408 e. The van der Waals surface area contributed by atoms with E-state index in [1.54, 1.807) is 18.2 Å². The number of hydrogen-bond donors (Lipinski definition) is 0. The first kappa shape index (κ1) is 15.2. The van der Waals surface area contributed by atoms with E-state index < -0.39 is 5.43 Å². The molecule has 2 rings (SSSR count). The van der Waals surface area contributed by atoms with Crippen molar-refractivity contribution >= 4 is 40.2 Å². The molecule has 0 aliphatic heterocycles. The maximum atomic E-state index is 11.0. The molecule has 0 aliphatic rings. The predicted molar refractivity (Wildman–Crippen MR) is 77.8 cm³/mol. The van der Waals surface area contributed by atoms with Gasteiger partial charge in [-0.2, -0.15) is 0 Å². The average Bonchev–Trinajstić information content (AvgIpc) is 2.73. The number of nitrogens with zero attached hydrogens (tertiary/aromatic N) is 1. The second-order valence-electron chi connectivity index (χ2n) is 3.97. The first-order valence-corrected chi connectivity index (χ1v) is 6.98. The molecular formula is C13H10Cl3NO3. The Labute approximate surface area is 130 Å². The van der Waals surface area contributed by atoms with Crippen LogP contribution in [-0.2, 0) is 6.42 Å². The Morgan fingerprint density at radius 1 is 1.35 bits per heavy atom. The lowest BCUT2D eigenvalue weighted by atomic mass is 10.1. The van der Waals surface area contributed by atoms with Crippen LogP contribution in [0, 0.1) is 0 Å². The number of rotatable bonds is 4.